The molecule has 0 saturated carbocycles. The van der Waals surface area contributed by atoms with Crippen molar-refractivity contribution in [3.05, 3.63) is 11.7 Å². The van der Waals surface area contributed by atoms with E-state index in [4.69, 9.17) is 5.11 Å². The molecule has 9 heteroatoms. The van der Waals surface area contributed by atoms with E-state index in [-0.39, 0.29) is 0 Å². The summed E-state index contributed by atoms with van der Waals surface area (Å²) in [7, 11) is 0. The van der Waals surface area contributed by atoms with Crippen molar-refractivity contribution in [2.45, 2.75) is 18.5 Å². The topological polar surface area (TPSA) is 37.3 Å². The molecule has 0 saturated heterocycles. The highest BCUT2D eigenvalue weighted by Crippen LogP contribution is 2.40. The van der Waals surface area contributed by atoms with E-state index in [0.717, 1.165) is 0 Å². The average molecular weight is 240 g/mol. The molecule has 0 unspecified atom stereocenters. The van der Waals surface area contributed by atoms with Crippen LogP contribution >= 0.6 is 0 Å². The molecular formula is C6H3F7O2. The van der Waals surface area contributed by atoms with Gasteiger partial charge in [0.05, 0.1) is 6.42 Å². The first-order chi connectivity index (χ1) is 6.49. The summed E-state index contributed by atoms with van der Waals surface area (Å²) in [6.45, 7) is 0. The van der Waals surface area contributed by atoms with Crippen molar-refractivity contribution in [3.63, 3.8) is 0 Å². The maximum atomic E-state index is 12.1. The van der Waals surface area contributed by atoms with Gasteiger partial charge in [0.15, 0.2) is 0 Å². The summed E-state index contributed by atoms with van der Waals surface area (Å²) < 4.78 is 82.2. The molecule has 0 aromatic rings. The minimum atomic E-state index is -6.07. The largest absolute Gasteiger partial charge is 0.478 e. The second-order valence-electron chi connectivity index (χ2n) is 2.42. The molecule has 0 aromatic carbocycles. The summed E-state index contributed by atoms with van der Waals surface area (Å²) in [6.07, 6.45) is -11.7. The number of alkyl halides is 5. The number of carbonyl (C=O) groups is 1. The van der Waals surface area contributed by atoms with E-state index >= 15 is 0 Å². The van der Waals surface area contributed by atoms with Crippen molar-refractivity contribution < 1.29 is 40.6 Å². The summed E-state index contributed by atoms with van der Waals surface area (Å²) in [6, 6.07) is 0. The summed E-state index contributed by atoms with van der Waals surface area (Å²) in [5.74, 6) is -8.01. The predicted octanol–water partition coefficient (Wildman–Crippen LogP) is 2.81. The zero-order chi connectivity index (χ0) is 12.4. The minimum Gasteiger partial charge on any atom is -0.478 e. The lowest BCUT2D eigenvalue weighted by molar-refractivity contribution is -0.281. The quantitative estimate of drug-likeness (QED) is 0.608. The van der Waals surface area contributed by atoms with Gasteiger partial charge in [-0.15, -0.1) is 0 Å². The number of rotatable bonds is 3. The molecule has 0 aliphatic carbocycles. The van der Waals surface area contributed by atoms with Gasteiger partial charge in [0.25, 0.3) is 6.08 Å². The van der Waals surface area contributed by atoms with E-state index in [1.165, 1.54) is 0 Å². The van der Waals surface area contributed by atoms with Crippen LogP contribution in [-0.2, 0) is 4.79 Å². The number of carboxylic acid groups (broad SMARTS) is 1. The smallest absolute Gasteiger partial charge is 0.453 e. The van der Waals surface area contributed by atoms with Crippen LogP contribution in [-0.4, -0.2) is 23.2 Å². The Morgan fingerprint density at radius 3 is 1.67 bits per heavy atom. The fourth-order valence-electron chi connectivity index (χ4n) is 0.546. The predicted molar refractivity (Wildman–Crippen MR) is 32.5 cm³/mol. The first kappa shape index (κ1) is 13.7. The van der Waals surface area contributed by atoms with Crippen molar-refractivity contribution in [1.29, 1.82) is 0 Å². The van der Waals surface area contributed by atoms with Crippen LogP contribution in [0, 0.1) is 0 Å². The number of hydrogen-bond acceptors (Lipinski definition) is 1. The fraction of sp³-hybridized carbons (Fsp3) is 0.500. The zero-order valence-corrected chi connectivity index (χ0v) is 6.71. The maximum absolute atomic E-state index is 12.1. The summed E-state index contributed by atoms with van der Waals surface area (Å²) in [4.78, 5) is 9.91. The summed E-state index contributed by atoms with van der Waals surface area (Å²) in [5, 5.41) is 7.93. The Labute approximate surface area is 78.0 Å². The molecule has 88 valence electrons. The van der Waals surface area contributed by atoms with Crippen LogP contribution in [0.4, 0.5) is 30.7 Å². The first-order valence-electron chi connectivity index (χ1n) is 3.21. The Morgan fingerprint density at radius 2 is 1.47 bits per heavy atom. The molecule has 0 heterocycles. The van der Waals surface area contributed by atoms with E-state index in [2.05, 4.69) is 0 Å². The van der Waals surface area contributed by atoms with Crippen LogP contribution in [0.5, 0.6) is 0 Å². The van der Waals surface area contributed by atoms with E-state index < -0.39 is 36.1 Å². The van der Waals surface area contributed by atoms with Crippen molar-refractivity contribution in [2.75, 3.05) is 0 Å². The summed E-state index contributed by atoms with van der Waals surface area (Å²) >= 11 is 0. The van der Waals surface area contributed by atoms with E-state index in [1.807, 2.05) is 0 Å². The Bertz CT molecular complexity index is 286. The highest BCUT2D eigenvalue weighted by atomic mass is 19.4. The lowest BCUT2D eigenvalue weighted by Gasteiger charge is -2.19. The lowest BCUT2D eigenvalue weighted by atomic mass is 10.1. The highest BCUT2D eigenvalue weighted by molar-refractivity contribution is 5.86. The van der Waals surface area contributed by atoms with Gasteiger partial charge >= 0.3 is 18.1 Å². The molecule has 0 amide bonds. The molecule has 0 aromatic heterocycles. The van der Waals surface area contributed by atoms with Crippen LogP contribution in [0.25, 0.3) is 0 Å². The van der Waals surface area contributed by atoms with Gasteiger partial charge in [0.2, 0.25) is 0 Å². The molecule has 0 fully saturated rings. The zero-order valence-electron chi connectivity index (χ0n) is 6.71. The van der Waals surface area contributed by atoms with Gasteiger partial charge in [-0.2, -0.15) is 30.7 Å². The number of aliphatic carboxylic acids is 1. The molecule has 0 bridgehead atoms. The number of halogens is 7. The average Bonchev–Trinajstić information content (AvgIpc) is 1.96. The van der Waals surface area contributed by atoms with Gasteiger partial charge in [-0.25, -0.2) is 4.79 Å². The van der Waals surface area contributed by atoms with Crippen molar-refractivity contribution in [1.82, 2.24) is 0 Å². The van der Waals surface area contributed by atoms with E-state index in [9.17, 15) is 35.5 Å². The molecule has 0 aliphatic rings. The number of carboxylic acids is 1. The second-order valence-corrected chi connectivity index (χ2v) is 2.42. The third kappa shape index (κ3) is 3.40. The first-order valence-corrected chi connectivity index (χ1v) is 3.21. The highest BCUT2D eigenvalue weighted by Gasteiger charge is 2.58. The molecule has 0 atom stereocenters. The molecular weight excluding hydrogens is 237 g/mol. The third-order valence-electron chi connectivity index (χ3n) is 1.30. The van der Waals surface area contributed by atoms with Crippen LogP contribution in [0.15, 0.2) is 11.7 Å². The molecule has 1 N–H and O–H groups in total. The Hall–Kier alpha value is -1.28. The Kier molecular flexibility index (Phi) is 3.72. The Balaban J connectivity index is 5.03. The summed E-state index contributed by atoms with van der Waals surface area (Å²) in [5.41, 5.74) is -2.25. The molecule has 2 nitrogen and oxygen atoms in total. The Morgan fingerprint density at radius 1 is 1.07 bits per heavy atom. The van der Waals surface area contributed by atoms with E-state index in [1.54, 1.807) is 0 Å². The van der Waals surface area contributed by atoms with Gasteiger partial charge in [-0.3, -0.25) is 0 Å². The molecule has 0 rings (SSSR count). The van der Waals surface area contributed by atoms with Gasteiger partial charge in [0.1, 0.15) is 5.57 Å². The van der Waals surface area contributed by atoms with Crippen LogP contribution < -0.4 is 0 Å². The maximum Gasteiger partial charge on any atom is 0.453 e. The van der Waals surface area contributed by atoms with Gasteiger partial charge in [-0.05, 0) is 0 Å². The van der Waals surface area contributed by atoms with Gasteiger partial charge in [-0.1, -0.05) is 0 Å². The number of hydrogen-bond donors (Lipinski definition) is 1. The van der Waals surface area contributed by atoms with Crippen molar-refractivity contribution in [3.8, 4) is 0 Å². The molecule has 0 radical (unpaired) electrons. The third-order valence-corrected chi connectivity index (χ3v) is 1.30. The normalized spacial score (nSPS) is 12.5. The van der Waals surface area contributed by atoms with Crippen LogP contribution in [0.3, 0.4) is 0 Å². The fourth-order valence-corrected chi connectivity index (χ4v) is 0.546. The molecule has 0 spiro atoms. The molecule has 15 heavy (non-hydrogen) atoms. The van der Waals surface area contributed by atoms with E-state index in [0.29, 0.717) is 0 Å². The minimum absolute atomic E-state index is 2.25. The van der Waals surface area contributed by atoms with Gasteiger partial charge in [0, 0.05) is 0 Å². The second kappa shape index (κ2) is 4.07. The lowest BCUT2D eigenvalue weighted by Crippen LogP contribution is -2.37. The van der Waals surface area contributed by atoms with Crippen molar-refractivity contribution in [2.24, 2.45) is 0 Å². The van der Waals surface area contributed by atoms with Crippen LogP contribution in [0.2, 0.25) is 0 Å². The standard InChI is InChI=1S/C6H3F7O2/c7-3(8)2(4(14)15)1-5(9,10)6(11,12)13/h1H2,(H,14,15). The van der Waals surface area contributed by atoms with Gasteiger partial charge < -0.3 is 5.11 Å². The van der Waals surface area contributed by atoms with Crippen molar-refractivity contribution >= 4 is 5.97 Å². The van der Waals surface area contributed by atoms with Crippen LogP contribution in [0.1, 0.15) is 6.42 Å². The monoisotopic (exact) mass is 240 g/mol. The molecule has 0 aliphatic heterocycles. The SMILES string of the molecule is O=C(O)C(CC(F)(F)C(F)(F)F)=C(F)F.